The molecule has 1 aromatic carbocycles. The van der Waals surface area contributed by atoms with Crippen molar-refractivity contribution in [2.75, 3.05) is 20.6 Å². The van der Waals surface area contributed by atoms with E-state index in [9.17, 15) is 4.79 Å². The number of esters is 1. The van der Waals surface area contributed by atoms with Crippen LogP contribution in [0.4, 0.5) is 0 Å². The topological polar surface area (TPSA) is 70.8 Å². The van der Waals surface area contributed by atoms with Crippen molar-refractivity contribution >= 4 is 12.0 Å². The van der Waals surface area contributed by atoms with Crippen molar-refractivity contribution < 1.29 is 19.0 Å². The first-order chi connectivity index (χ1) is 12.1. The van der Waals surface area contributed by atoms with Crippen molar-refractivity contribution in [2.45, 2.75) is 46.5 Å². The lowest BCUT2D eigenvalue weighted by atomic mass is 10.0. The van der Waals surface area contributed by atoms with Crippen LogP contribution in [0.3, 0.4) is 0 Å². The molecule has 0 aliphatic rings. The van der Waals surface area contributed by atoms with Crippen LogP contribution < -0.4 is 10.5 Å². The molecule has 0 aromatic heterocycles. The molecule has 0 aliphatic heterocycles. The van der Waals surface area contributed by atoms with Crippen molar-refractivity contribution in [3.05, 3.63) is 35.9 Å². The summed E-state index contributed by atoms with van der Waals surface area (Å²) in [5.41, 5.74) is 6.02. The number of unbranched alkanes of at least 4 members (excludes halogenated alkanes) is 1. The molecule has 1 atom stereocenters. The van der Waals surface area contributed by atoms with Crippen molar-refractivity contribution in [2.24, 2.45) is 11.7 Å². The molecular formula is C20H33NO4. The van der Waals surface area contributed by atoms with Crippen LogP contribution in [0.2, 0.25) is 0 Å². The van der Waals surface area contributed by atoms with Gasteiger partial charge in [0.15, 0.2) is 6.79 Å². The van der Waals surface area contributed by atoms with Gasteiger partial charge in [0, 0.05) is 6.08 Å². The second-order valence-electron chi connectivity index (χ2n) is 5.71. The number of methoxy groups -OCH3 is 1. The van der Waals surface area contributed by atoms with Gasteiger partial charge in [0.2, 0.25) is 0 Å². The zero-order chi connectivity index (χ0) is 18.9. The first kappa shape index (κ1) is 23.1. The zero-order valence-electron chi connectivity index (χ0n) is 16.0. The van der Waals surface area contributed by atoms with Gasteiger partial charge in [-0.15, -0.1) is 0 Å². The van der Waals surface area contributed by atoms with E-state index in [1.54, 1.807) is 18.2 Å². The molecule has 0 saturated heterocycles. The summed E-state index contributed by atoms with van der Waals surface area (Å²) in [4.78, 5) is 10.9. The fourth-order valence-electron chi connectivity index (χ4n) is 1.82. The Morgan fingerprint density at radius 1 is 1.24 bits per heavy atom. The van der Waals surface area contributed by atoms with Crippen LogP contribution in [-0.4, -0.2) is 26.6 Å². The van der Waals surface area contributed by atoms with Gasteiger partial charge in [-0.1, -0.05) is 58.6 Å². The predicted octanol–water partition coefficient (Wildman–Crippen LogP) is 4.36. The maximum Gasteiger partial charge on any atom is 0.330 e. The number of carbonyl (C=O) groups is 1. The Morgan fingerprint density at radius 2 is 1.92 bits per heavy atom. The molecule has 0 spiro atoms. The third-order valence-electron chi connectivity index (χ3n) is 3.67. The van der Waals surface area contributed by atoms with Gasteiger partial charge in [0.1, 0.15) is 5.75 Å². The number of hydrogen-bond donors (Lipinski definition) is 1. The number of hydrogen-bond acceptors (Lipinski definition) is 5. The van der Waals surface area contributed by atoms with Crippen LogP contribution in [-0.2, 0) is 14.3 Å². The lowest BCUT2D eigenvalue weighted by Gasteiger charge is -2.05. The van der Waals surface area contributed by atoms with Crippen LogP contribution in [0.5, 0.6) is 5.75 Å². The number of carbonyl (C=O) groups excluding carboxylic acids is 1. The molecule has 1 rings (SSSR count). The molecule has 5 heteroatoms. The molecule has 5 nitrogen and oxygen atoms in total. The van der Waals surface area contributed by atoms with Crippen molar-refractivity contribution in [1.29, 1.82) is 0 Å². The summed E-state index contributed by atoms with van der Waals surface area (Å²) in [5.74, 6) is 1.24. The Balaban J connectivity index is 0.000000609. The quantitative estimate of drug-likeness (QED) is 0.293. The lowest BCUT2D eigenvalue weighted by molar-refractivity contribution is -0.134. The fourth-order valence-corrected chi connectivity index (χ4v) is 1.82. The first-order valence-corrected chi connectivity index (χ1v) is 8.84. The molecule has 1 unspecified atom stereocenters. The van der Waals surface area contributed by atoms with E-state index in [0.29, 0.717) is 5.75 Å². The van der Waals surface area contributed by atoms with Crippen molar-refractivity contribution in [3.63, 3.8) is 0 Å². The normalized spacial score (nSPS) is 11.6. The van der Waals surface area contributed by atoms with Crippen LogP contribution in [0.1, 0.15) is 52.0 Å². The van der Waals surface area contributed by atoms with Gasteiger partial charge in [0.25, 0.3) is 0 Å². The van der Waals surface area contributed by atoms with E-state index in [4.69, 9.17) is 15.2 Å². The van der Waals surface area contributed by atoms with Crippen LogP contribution in [0.25, 0.3) is 6.08 Å². The Bertz CT molecular complexity index is 471. The molecular weight excluding hydrogens is 318 g/mol. The molecule has 1 aromatic rings. The van der Waals surface area contributed by atoms with E-state index in [2.05, 4.69) is 25.5 Å². The Hall–Kier alpha value is -1.85. The van der Waals surface area contributed by atoms with Crippen molar-refractivity contribution in [3.8, 4) is 5.75 Å². The van der Waals surface area contributed by atoms with Gasteiger partial charge >= 0.3 is 5.97 Å². The molecule has 0 saturated carbocycles. The molecule has 0 radical (unpaired) electrons. The van der Waals surface area contributed by atoms with E-state index < -0.39 is 0 Å². The highest BCUT2D eigenvalue weighted by atomic mass is 16.7. The summed E-state index contributed by atoms with van der Waals surface area (Å²) >= 11 is 0. The molecule has 0 fully saturated rings. The predicted molar refractivity (Wildman–Crippen MR) is 102 cm³/mol. The van der Waals surface area contributed by atoms with Crippen LogP contribution in [0, 0.1) is 5.92 Å². The van der Waals surface area contributed by atoms with Crippen LogP contribution in [0.15, 0.2) is 30.3 Å². The van der Waals surface area contributed by atoms with E-state index in [0.717, 1.165) is 11.5 Å². The monoisotopic (exact) mass is 351 g/mol. The van der Waals surface area contributed by atoms with E-state index in [1.807, 2.05) is 12.1 Å². The minimum atomic E-state index is -0.387. The van der Waals surface area contributed by atoms with E-state index in [-0.39, 0.29) is 19.5 Å². The van der Waals surface area contributed by atoms with Gasteiger partial charge in [0.05, 0.1) is 13.8 Å². The number of rotatable bonds is 10. The first-order valence-electron chi connectivity index (χ1n) is 8.84. The van der Waals surface area contributed by atoms with E-state index >= 15 is 0 Å². The van der Waals surface area contributed by atoms with Gasteiger partial charge in [-0.2, -0.15) is 0 Å². The van der Waals surface area contributed by atoms with Gasteiger partial charge in [-0.05, 0) is 29.7 Å². The Labute approximate surface area is 152 Å². The summed E-state index contributed by atoms with van der Waals surface area (Å²) in [6, 6.07) is 7.18. The third-order valence-corrected chi connectivity index (χ3v) is 3.67. The highest BCUT2D eigenvalue weighted by Gasteiger charge is 1.95. The number of nitrogens with two attached hydrogens (primary N) is 1. The zero-order valence-corrected chi connectivity index (χ0v) is 16.0. The molecule has 0 amide bonds. The Kier molecular flexibility index (Phi) is 14.5. The summed E-state index contributed by atoms with van der Waals surface area (Å²) in [6.07, 6.45) is 8.55. The summed E-state index contributed by atoms with van der Waals surface area (Å²) in [5, 5.41) is 0. The number of benzene rings is 1. The average molecular weight is 351 g/mol. The van der Waals surface area contributed by atoms with Crippen LogP contribution >= 0.6 is 0 Å². The molecule has 0 heterocycles. The highest BCUT2D eigenvalue weighted by molar-refractivity contribution is 5.86. The standard InChI is InChI=1S/C12H15NO4.C8H18/c1-15-12(14)7-4-10-2-5-11(6-3-10)17-9-16-8-13;1-4-6-7-8(3)5-2/h2-7H,8-9,13H2,1H3;8H,4-7H2,1-3H3/b7-4+;. The molecule has 142 valence electrons. The number of ether oxygens (including phenoxy) is 3. The average Bonchev–Trinajstić information content (AvgIpc) is 2.65. The SMILES string of the molecule is CCCCC(C)CC.COC(=O)/C=C/c1ccc(OCOCN)cc1. The van der Waals surface area contributed by atoms with E-state index in [1.165, 1.54) is 38.9 Å². The molecule has 25 heavy (non-hydrogen) atoms. The maximum absolute atomic E-state index is 10.9. The van der Waals surface area contributed by atoms with Crippen molar-refractivity contribution in [1.82, 2.24) is 0 Å². The maximum atomic E-state index is 10.9. The minimum Gasteiger partial charge on any atom is -0.468 e. The summed E-state index contributed by atoms with van der Waals surface area (Å²) in [7, 11) is 1.33. The third kappa shape index (κ3) is 13.2. The molecule has 0 aliphatic carbocycles. The van der Waals surface area contributed by atoms with Gasteiger partial charge in [-0.3, -0.25) is 0 Å². The van der Waals surface area contributed by atoms with Gasteiger partial charge in [-0.25, -0.2) is 4.79 Å². The summed E-state index contributed by atoms with van der Waals surface area (Å²) < 4.78 is 14.6. The largest absolute Gasteiger partial charge is 0.468 e. The lowest BCUT2D eigenvalue weighted by Crippen LogP contribution is -2.09. The second kappa shape index (κ2) is 15.7. The highest BCUT2D eigenvalue weighted by Crippen LogP contribution is 2.13. The molecule has 2 N–H and O–H groups in total. The minimum absolute atomic E-state index is 0.119. The van der Waals surface area contributed by atoms with Gasteiger partial charge < -0.3 is 19.9 Å². The molecule has 0 bridgehead atoms. The summed E-state index contributed by atoms with van der Waals surface area (Å²) in [6.45, 7) is 7.09. The smallest absolute Gasteiger partial charge is 0.330 e. The second-order valence-corrected chi connectivity index (χ2v) is 5.71. The fraction of sp³-hybridized carbons (Fsp3) is 0.550. The Morgan fingerprint density at radius 3 is 2.44 bits per heavy atom.